The number of nitrogens with one attached hydrogen (secondary N) is 1. The van der Waals surface area contributed by atoms with Crippen LogP contribution in [0.1, 0.15) is 43.0 Å². The molecule has 2 aliphatic heterocycles. The first-order valence-corrected chi connectivity index (χ1v) is 13.7. The van der Waals surface area contributed by atoms with Gasteiger partial charge in [0, 0.05) is 50.1 Å². The number of likely N-dealkylation sites (N-methyl/N-ethyl adjacent to an activating group) is 1. The van der Waals surface area contributed by atoms with E-state index in [1.165, 1.54) is 24.4 Å². The fourth-order valence-electron chi connectivity index (χ4n) is 5.43. The SMILES string of the molecule is CC(c1ccc(NC2=NC(CN3CCN(C)CC3)=NC3(C)CC(c4ncccc4C(F)(F)F)=CC=C23)cc1)C(F)(F)F. The van der Waals surface area contributed by atoms with Crippen LogP contribution in [0.3, 0.4) is 0 Å². The van der Waals surface area contributed by atoms with Crippen LogP contribution in [0.5, 0.6) is 0 Å². The number of alkyl halides is 6. The zero-order valence-electron chi connectivity index (χ0n) is 23.5. The van der Waals surface area contributed by atoms with E-state index in [1.54, 1.807) is 24.3 Å². The van der Waals surface area contributed by atoms with Gasteiger partial charge in [0.1, 0.15) is 11.7 Å². The molecule has 42 heavy (non-hydrogen) atoms. The molecule has 2 unspecified atom stereocenters. The molecule has 2 aromatic rings. The van der Waals surface area contributed by atoms with Crippen LogP contribution in [0.2, 0.25) is 0 Å². The third-order valence-electron chi connectivity index (χ3n) is 7.98. The molecule has 12 heteroatoms. The van der Waals surface area contributed by atoms with Gasteiger partial charge in [-0.25, -0.2) is 4.99 Å². The molecule has 0 spiro atoms. The Hall–Kier alpha value is -3.51. The summed E-state index contributed by atoms with van der Waals surface area (Å²) < 4.78 is 81.1. The highest BCUT2D eigenvalue weighted by Gasteiger charge is 2.42. The summed E-state index contributed by atoms with van der Waals surface area (Å²) in [5.41, 5.74) is -0.135. The smallest absolute Gasteiger partial charge is 0.340 e. The summed E-state index contributed by atoms with van der Waals surface area (Å²) in [6.07, 6.45) is -4.10. The number of aliphatic imine (C=N–C) groups is 2. The third-order valence-corrected chi connectivity index (χ3v) is 7.98. The Kier molecular flexibility index (Phi) is 8.06. The lowest BCUT2D eigenvalue weighted by atomic mass is 9.78. The molecule has 1 aromatic carbocycles. The second kappa shape index (κ2) is 11.3. The molecule has 1 N–H and O–H groups in total. The summed E-state index contributed by atoms with van der Waals surface area (Å²) in [4.78, 5) is 18.3. The van der Waals surface area contributed by atoms with Crippen LogP contribution in [-0.4, -0.2) is 77.9 Å². The van der Waals surface area contributed by atoms with Gasteiger partial charge in [-0.2, -0.15) is 26.3 Å². The molecule has 5 rings (SSSR count). The lowest BCUT2D eigenvalue weighted by Gasteiger charge is -2.38. The van der Waals surface area contributed by atoms with Crippen LogP contribution in [0.25, 0.3) is 5.57 Å². The van der Waals surface area contributed by atoms with Crippen LogP contribution in [0.4, 0.5) is 32.0 Å². The second-order valence-corrected chi connectivity index (χ2v) is 11.2. The number of allylic oxidation sites excluding steroid dienone is 2. The van der Waals surface area contributed by atoms with Crippen molar-refractivity contribution in [1.82, 2.24) is 14.8 Å². The molecule has 2 atom stereocenters. The summed E-state index contributed by atoms with van der Waals surface area (Å²) >= 11 is 0. The van der Waals surface area contributed by atoms with Gasteiger partial charge >= 0.3 is 12.4 Å². The van der Waals surface area contributed by atoms with E-state index in [4.69, 9.17) is 9.98 Å². The van der Waals surface area contributed by atoms with Gasteiger partial charge in [0.15, 0.2) is 0 Å². The Balaban J connectivity index is 1.49. The van der Waals surface area contributed by atoms with Crippen molar-refractivity contribution in [3.05, 3.63) is 77.1 Å². The van der Waals surface area contributed by atoms with Crippen molar-refractivity contribution in [1.29, 1.82) is 0 Å². The monoisotopic (exact) mass is 590 g/mol. The highest BCUT2D eigenvalue weighted by atomic mass is 19.4. The number of hydrogen-bond donors (Lipinski definition) is 1. The molecule has 1 fully saturated rings. The number of anilines is 1. The average Bonchev–Trinajstić information content (AvgIpc) is 2.92. The first-order chi connectivity index (χ1) is 19.7. The number of rotatable bonds is 5. The maximum Gasteiger partial charge on any atom is 0.418 e. The molecule has 1 aromatic heterocycles. The van der Waals surface area contributed by atoms with Gasteiger partial charge in [0.05, 0.1) is 29.3 Å². The Morgan fingerprint density at radius 1 is 0.976 bits per heavy atom. The van der Waals surface area contributed by atoms with Crippen molar-refractivity contribution in [2.75, 3.05) is 45.1 Å². The zero-order chi connectivity index (χ0) is 30.3. The van der Waals surface area contributed by atoms with Crippen LogP contribution >= 0.6 is 0 Å². The van der Waals surface area contributed by atoms with E-state index in [0.717, 1.165) is 39.2 Å². The van der Waals surface area contributed by atoms with E-state index in [1.807, 2.05) is 6.92 Å². The number of benzene rings is 1. The Bertz CT molecular complexity index is 1430. The number of hydrogen-bond acceptors (Lipinski definition) is 6. The predicted molar refractivity (Wildman–Crippen MR) is 152 cm³/mol. The summed E-state index contributed by atoms with van der Waals surface area (Å²) in [5.74, 6) is -0.620. The largest absolute Gasteiger partial charge is 0.418 e. The molecule has 0 saturated carbocycles. The molecule has 1 saturated heterocycles. The average molecular weight is 591 g/mol. The van der Waals surface area contributed by atoms with E-state index >= 15 is 0 Å². The summed E-state index contributed by atoms with van der Waals surface area (Å²) in [6.45, 7) is 6.85. The van der Waals surface area contributed by atoms with Gasteiger partial charge in [-0.15, -0.1) is 0 Å². The van der Waals surface area contributed by atoms with Crippen molar-refractivity contribution < 1.29 is 26.3 Å². The maximum atomic E-state index is 13.8. The topological polar surface area (TPSA) is 56.1 Å². The number of halogens is 6. The first kappa shape index (κ1) is 30.0. The van der Waals surface area contributed by atoms with Crippen LogP contribution in [-0.2, 0) is 6.18 Å². The zero-order valence-corrected chi connectivity index (χ0v) is 23.5. The van der Waals surface area contributed by atoms with Crippen molar-refractivity contribution in [2.45, 2.75) is 44.1 Å². The fourth-order valence-corrected chi connectivity index (χ4v) is 5.43. The Morgan fingerprint density at radius 3 is 2.31 bits per heavy atom. The number of piperazine rings is 1. The maximum absolute atomic E-state index is 13.8. The molecule has 224 valence electrons. The van der Waals surface area contributed by atoms with E-state index in [0.29, 0.717) is 35.0 Å². The van der Waals surface area contributed by atoms with Gasteiger partial charge in [-0.3, -0.25) is 14.9 Å². The molecule has 6 nitrogen and oxygen atoms in total. The van der Waals surface area contributed by atoms with Gasteiger partial charge in [-0.1, -0.05) is 24.3 Å². The van der Waals surface area contributed by atoms with Crippen molar-refractivity contribution in [2.24, 2.45) is 9.98 Å². The first-order valence-electron chi connectivity index (χ1n) is 13.7. The minimum Gasteiger partial charge on any atom is -0.340 e. The number of aromatic nitrogens is 1. The minimum absolute atomic E-state index is 0.135. The summed E-state index contributed by atoms with van der Waals surface area (Å²) in [6, 6.07) is 8.27. The molecular formula is C30H32F6N6. The van der Waals surface area contributed by atoms with Crippen LogP contribution in [0.15, 0.2) is 70.3 Å². The predicted octanol–water partition coefficient (Wildman–Crippen LogP) is 6.41. The highest BCUT2D eigenvalue weighted by Crippen LogP contribution is 2.43. The lowest BCUT2D eigenvalue weighted by Crippen LogP contribution is -2.47. The van der Waals surface area contributed by atoms with E-state index in [-0.39, 0.29) is 17.7 Å². The molecule has 3 heterocycles. The van der Waals surface area contributed by atoms with E-state index in [2.05, 4.69) is 27.1 Å². The standard InChI is InChI=1S/C30H32F6N6/c1-19(29(31,32)33)20-6-9-22(10-7-20)38-27-24-11-8-21(26-23(30(34,35)36)5-4-12-37-26)17-28(24,2)40-25(39-27)18-42-15-13-41(3)14-16-42/h4-12,19H,13-18H2,1-3H3,(H,38,39,40). The van der Waals surface area contributed by atoms with Crippen molar-refractivity contribution >= 4 is 22.9 Å². The molecular weight excluding hydrogens is 558 g/mol. The molecule has 0 radical (unpaired) electrons. The number of nitrogens with zero attached hydrogens (tertiary/aromatic N) is 5. The molecule has 0 amide bonds. The molecule has 3 aliphatic rings. The normalized spacial score (nSPS) is 22.9. The van der Waals surface area contributed by atoms with E-state index < -0.39 is 29.4 Å². The molecule has 1 aliphatic carbocycles. The second-order valence-electron chi connectivity index (χ2n) is 11.2. The van der Waals surface area contributed by atoms with E-state index in [9.17, 15) is 26.3 Å². The minimum atomic E-state index is -4.57. The fraction of sp³-hybridized carbons (Fsp3) is 0.433. The van der Waals surface area contributed by atoms with Gasteiger partial charge in [0.2, 0.25) is 0 Å². The Labute approximate surface area is 240 Å². The van der Waals surface area contributed by atoms with Crippen LogP contribution in [0, 0.1) is 0 Å². The summed E-state index contributed by atoms with van der Waals surface area (Å²) in [5, 5.41) is 3.24. The lowest BCUT2D eigenvalue weighted by molar-refractivity contribution is -0.146. The number of fused-ring (bicyclic) bond motifs is 1. The van der Waals surface area contributed by atoms with Crippen molar-refractivity contribution in [3.8, 4) is 0 Å². The van der Waals surface area contributed by atoms with Gasteiger partial charge in [0.25, 0.3) is 0 Å². The number of amidine groups is 2. The molecule has 0 bridgehead atoms. The quantitative estimate of drug-likeness (QED) is 0.409. The Morgan fingerprint density at radius 2 is 1.67 bits per heavy atom. The third kappa shape index (κ3) is 6.44. The van der Waals surface area contributed by atoms with Gasteiger partial charge in [-0.05, 0) is 56.3 Å². The van der Waals surface area contributed by atoms with Gasteiger partial charge < -0.3 is 10.2 Å². The highest BCUT2D eigenvalue weighted by molar-refractivity contribution is 6.17. The summed E-state index contributed by atoms with van der Waals surface area (Å²) in [7, 11) is 2.05. The van der Waals surface area contributed by atoms with Crippen LogP contribution < -0.4 is 5.32 Å². The van der Waals surface area contributed by atoms with Crippen molar-refractivity contribution in [3.63, 3.8) is 0 Å². The number of pyridine rings is 1.